The Balaban J connectivity index is 1.57. The third-order valence-electron chi connectivity index (χ3n) is 4.77. The van der Waals surface area contributed by atoms with Crippen molar-refractivity contribution in [3.63, 3.8) is 0 Å². The first-order valence-electron chi connectivity index (χ1n) is 9.30. The van der Waals surface area contributed by atoms with Crippen LogP contribution in [-0.4, -0.2) is 34.3 Å². The highest BCUT2D eigenvalue weighted by molar-refractivity contribution is 6.30. The van der Waals surface area contributed by atoms with Crippen molar-refractivity contribution in [3.8, 4) is 0 Å². The van der Waals surface area contributed by atoms with Crippen molar-refractivity contribution < 1.29 is 9.59 Å². The van der Waals surface area contributed by atoms with E-state index in [0.717, 1.165) is 29.8 Å². The van der Waals surface area contributed by atoms with E-state index in [2.05, 4.69) is 10.3 Å². The van der Waals surface area contributed by atoms with Crippen LogP contribution < -0.4 is 5.32 Å². The molecule has 0 spiro atoms. The third-order valence-corrected chi connectivity index (χ3v) is 5.02. The van der Waals surface area contributed by atoms with Crippen LogP contribution in [0.5, 0.6) is 0 Å². The van der Waals surface area contributed by atoms with Gasteiger partial charge >= 0.3 is 0 Å². The highest BCUT2D eigenvalue weighted by Crippen LogP contribution is 2.15. The van der Waals surface area contributed by atoms with Crippen LogP contribution in [0, 0.1) is 0 Å². The Morgan fingerprint density at radius 2 is 1.89 bits per heavy atom. The maximum absolute atomic E-state index is 12.8. The average Bonchev–Trinajstić information content (AvgIpc) is 3.08. The number of carbonyl (C=O) groups excluding carboxylic acids is 2. The van der Waals surface area contributed by atoms with Crippen LogP contribution >= 0.6 is 11.6 Å². The fraction of sp³-hybridized carbons (Fsp3) is 0.381. The molecule has 0 radical (unpaired) electrons. The summed E-state index contributed by atoms with van der Waals surface area (Å²) in [5.74, 6) is 0.181. The number of nitrogens with zero attached hydrogens (tertiary/aromatic N) is 2. The zero-order valence-corrected chi connectivity index (χ0v) is 16.0. The quantitative estimate of drug-likeness (QED) is 0.757. The highest BCUT2D eigenvalue weighted by atomic mass is 35.5. The maximum Gasteiger partial charge on any atom is 0.222 e. The van der Waals surface area contributed by atoms with E-state index < -0.39 is 0 Å². The molecule has 1 N–H and O–H groups in total. The summed E-state index contributed by atoms with van der Waals surface area (Å²) in [7, 11) is 0. The first kappa shape index (κ1) is 19.4. The van der Waals surface area contributed by atoms with Crippen LogP contribution in [0.2, 0.25) is 5.02 Å². The molecule has 1 fully saturated rings. The van der Waals surface area contributed by atoms with E-state index >= 15 is 0 Å². The van der Waals surface area contributed by atoms with Crippen molar-refractivity contribution in [1.29, 1.82) is 0 Å². The number of pyridine rings is 1. The minimum atomic E-state index is 0.0413. The monoisotopic (exact) mass is 385 g/mol. The Morgan fingerprint density at radius 3 is 2.56 bits per heavy atom. The van der Waals surface area contributed by atoms with Gasteiger partial charge in [-0.15, -0.1) is 0 Å². The number of amides is 2. The first-order valence-corrected chi connectivity index (χ1v) is 9.68. The Hall–Kier alpha value is -2.40. The maximum atomic E-state index is 12.8. The molecule has 1 aliphatic heterocycles. The number of halogens is 1. The van der Waals surface area contributed by atoms with Crippen LogP contribution in [0.3, 0.4) is 0 Å². The van der Waals surface area contributed by atoms with Crippen molar-refractivity contribution in [2.45, 2.75) is 44.7 Å². The molecule has 6 heteroatoms. The second kappa shape index (κ2) is 9.51. The van der Waals surface area contributed by atoms with Crippen molar-refractivity contribution in [3.05, 3.63) is 64.9 Å². The Bertz CT molecular complexity index is 765. The van der Waals surface area contributed by atoms with Crippen LogP contribution in [0.4, 0.5) is 0 Å². The van der Waals surface area contributed by atoms with Gasteiger partial charge in [0.2, 0.25) is 11.8 Å². The number of hydrogen-bond donors (Lipinski definition) is 1. The molecule has 2 aromatic rings. The van der Waals surface area contributed by atoms with Crippen LogP contribution in [-0.2, 0) is 22.6 Å². The minimum Gasteiger partial charge on any atom is -0.352 e. The van der Waals surface area contributed by atoms with Gasteiger partial charge in [0.15, 0.2) is 0 Å². The molecule has 27 heavy (non-hydrogen) atoms. The molecule has 1 aromatic carbocycles. The van der Waals surface area contributed by atoms with Gasteiger partial charge in [-0.3, -0.25) is 14.6 Å². The summed E-state index contributed by atoms with van der Waals surface area (Å²) < 4.78 is 0. The number of aryl methyl sites for hydroxylation is 1. The Morgan fingerprint density at radius 1 is 1.15 bits per heavy atom. The summed E-state index contributed by atoms with van der Waals surface area (Å²) >= 11 is 5.91. The number of hydrogen-bond acceptors (Lipinski definition) is 3. The largest absolute Gasteiger partial charge is 0.352 e. The lowest BCUT2D eigenvalue weighted by Crippen LogP contribution is -2.41. The van der Waals surface area contributed by atoms with Gasteiger partial charge in [-0.25, -0.2) is 0 Å². The van der Waals surface area contributed by atoms with Gasteiger partial charge in [0, 0.05) is 49.4 Å². The second-order valence-corrected chi connectivity index (χ2v) is 7.35. The Labute approximate surface area is 164 Å². The second-order valence-electron chi connectivity index (χ2n) is 6.91. The van der Waals surface area contributed by atoms with E-state index in [1.54, 1.807) is 12.4 Å². The van der Waals surface area contributed by atoms with E-state index in [0.29, 0.717) is 25.9 Å². The molecular weight excluding hydrogens is 362 g/mol. The minimum absolute atomic E-state index is 0.0413. The van der Waals surface area contributed by atoms with Gasteiger partial charge in [-0.05, 0) is 54.7 Å². The van der Waals surface area contributed by atoms with Crippen molar-refractivity contribution in [2.75, 3.05) is 6.54 Å². The lowest BCUT2D eigenvalue weighted by molar-refractivity contribution is -0.132. The third kappa shape index (κ3) is 6.07. The van der Waals surface area contributed by atoms with Gasteiger partial charge in [-0.1, -0.05) is 23.7 Å². The van der Waals surface area contributed by atoms with Gasteiger partial charge in [0.05, 0.1) is 0 Å². The molecule has 0 saturated carbocycles. The fourth-order valence-electron chi connectivity index (χ4n) is 3.30. The van der Waals surface area contributed by atoms with E-state index in [-0.39, 0.29) is 17.9 Å². The van der Waals surface area contributed by atoms with Gasteiger partial charge < -0.3 is 10.2 Å². The number of nitrogens with one attached hydrogen (secondary N) is 1. The van der Waals surface area contributed by atoms with Crippen LogP contribution in [0.1, 0.15) is 36.8 Å². The van der Waals surface area contributed by atoms with E-state index in [9.17, 15) is 9.59 Å². The normalized spacial score (nSPS) is 16.2. The zero-order chi connectivity index (χ0) is 19.1. The summed E-state index contributed by atoms with van der Waals surface area (Å²) in [6, 6.07) is 11.6. The molecule has 1 aromatic heterocycles. The summed E-state index contributed by atoms with van der Waals surface area (Å²) in [5, 5.41) is 3.67. The molecule has 1 saturated heterocycles. The van der Waals surface area contributed by atoms with E-state index in [1.807, 2.05) is 41.3 Å². The number of rotatable bonds is 8. The highest BCUT2D eigenvalue weighted by Gasteiger charge is 2.25. The average molecular weight is 386 g/mol. The lowest BCUT2D eigenvalue weighted by Gasteiger charge is -2.26. The van der Waals surface area contributed by atoms with Crippen molar-refractivity contribution in [2.24, 2.45) is 0 Å². The molecule has 2 amide bonds. The van der Waals surface area contributed by atoms with Gasteiger partial charge in [-0.2, -0.15) is 0 Å². The molecule has 2 heterocycles. The predicted octanol–water partition coefficient (Wildman–Crippen LogP) is 3.37. The van der Waals surface area contributed by atoms with Crippen LogP contribution in [0.25, 0.3) is 0 Å². The standard InChI is InChI=1S/C21H24ClN3O2/c22-18-6-4-16(5-7-18)2-1-3-21(27)25(14-17-10-12-23-13-11-17)15-19-8-9-20(26)24-19/h4-7,10-13,19H,1-3,8-9,14-15H2,(H,24,26)/t19-/m0/s1. The molecular formula is C21H24ClN3O2. The van der Waals surface area contributed by atoms with Crippen LogP contribution in [0.15, 0.2) is 48.8 Å². The van der Waals surface area contributed by atoms with Crippen molar-refractivity contribution in [1.82, 2.24) is 15.2 Å². The summed E-state index contributed by atoms with van der Waals surface area (Å²) in [5.41, 5.74) is 2.22. The van der Waals surface area contributed by atoms with Crippen molar-refractivity contribution >= 4 is 23.4 Å². The molecule has 0 aliphatic carbocycles. The number of benzene rings is 1. The molecule has 1 aliphatic rings. The SMILES string of the molecule is O=C1CC[C@@H](CN(Cc2ccncc2)C(=O)CCCc2ccc(Cl)cc2)N1. The van der Waals surface area contributed by atoms with Gasteiger partial charge in [0.25, 0.3) is 0 Å². The summed E-state index contributed by atoms with van der Waals surface area (Å²) in [6.45, 7) is 1.09. The number of carbonyl (C=O) groups is 2. The van der Waals surface area contributed by atoms with E-state index in [4.69, 9.17) is 11.6 Å². The Kier molecular flexibility index (Phi) is 6.82. The fourth-order valence-corrected chi connectivity index (χ4v) is 3.42. The summed E-state index contributed by atoms with van der Waals surface area (Å²) in [4.78, 5) is 30.2. The smallest absolute Gasteiger partial charge is 0.222 e. The molecule has 0 unspecified atom stereocenters. The molecule has 3 rings (SSSR count). The molecule has 5 nitrogen and oxygen atoms in total. The molecule has 1 atom stereocenters. The lowest BCUT2D eigenvalue weighted by atomic mass is 10.1. The molecule has 0 bridgehead atoms. The molecule has 142 valence electrons. The zero-order valence-electron chi connectivity index (χ0n) is 15.2. The van der Waals surface area contributed by atoms with E-state index in [1.165, 1.54) is 5.56 Å². The van der Waals surface area contributed by atoms with Gasteiger partial charge in [0.1, 0.15) is 0 Å². The summed E-state index contributed by atoms with van der Waals surface area (Å²) in [6.07, 6.45) is 6.89. The topological polar surface area (TPSA) is 62.3 Å². The number of aromatic nitrogens is 1. The predicted molar refractivity (Wildman–Crippen MR) is 105 cm³/mol. The first-order chi connectivity index (χ1) is 13.1.